The van der Waals surface area contributed by atoms with Gasteiger partial charge in [0.15, 0.2) is 0 Å². The second-order valence-electron chi connectivity index (χ2n) is 4.62. The second kappa shape index (κ2) is 5.85. The Kier molecular flexibility index (Phi) is 4.38. The highest BCUT2D eigenvalue weighted by atomic mass is 32.2. The zero-order valence-corrected chi connectivity index (χ0v) is 11.9. The number of piperazine rings is 1. The van der Waals surface area contributed by atoms with Crippen molar-refractivity contribution < 1.29 is 8.42 Å². The van der Waals surface area contributed by atoms with Gasteiger partial charge >= 0.3 is 0 Å². The van der Waals surface area contributed by atoms with Gasteiger partial charge in [-0.15, -0.1) is 6.58 Å². The normalized spacial score (nSPS) is 21.4. The molecular weight excluding hydrogens is 264 g/mol. The van der Waals surface area contributed by atoms with Crippen molar-refractivity contribution in [1.29, 1.82) is 0 Å². The van der Waals surface area contributed by atoms with Gasteiger partial charge in [-0.2, -0.15) is 4.31 Å². The molecule has 0 saturated carbocycles. The Hall–Kier alpha value is -1.18. The molecule has 6 nitrogen and oxygen atoms in total. The maximum Gasteiger partial charge on any atom is 0.215 e. The third-order valence-electron chi connectivity index (χ3n) is 3.29. The molecule has 1 saturated heterocycles. The molecule has 19 heavy (non-hydrogen) atoms. The highest BCUT2D eigenvalue weighted by molar-refractivity contribution is 7.89. The standard InChI is InChI=1S/C12H20N4O2S/c1-3-4-9-19(17,18)16-8-5-13-10-11(16)12-14-6-7-15(12)2/h3,6-7,11,13H,1,4-5,8-10H2,2H3. The second-order valence-corrected chi connectivity index (χ2v) is 6.66. The lowest BCUT2D eigenvalue weighted by Gasteiger charge is -2.34. The predicted octanol–water partition coefficient (Wildman–Crippen LogP) is 0.272. The molecule has 2 heterocycles. The van der Waals surface area contributed by atoms with E-state index in [9.17, 15) is 8.42 Å². The first-order valence-electron chi connectivity index (χ1n) is 6.34. The molecule has 1 aromatic rings. The van der Waals surface area contributed by atoms with Crippen LogP contribution in [0.5, 0.6) is 0 Å². The molecule has 0 bridgehead atoms. The van der Waals surface area contributed by atoms with Crippen LogP contribution in [0.3, 0.4) is 0 Å². The fourth-order valence-corrected chi connectivity index (χ4v) is 3.91. The molecule has 1 atom stereocenters. The predicted molar refractivity (Wildman–Crippen MR) is 74.1 cm³/mol. The van der Waals surface area contributed by atoms with E-state index in [0.29, 0.717) is 26.1 Å². The number of nitrogens with one attached hydrogen (secondary N) is 1. The topological polar surface area (TPSA) is 67.2 Å². The summed E-state index contributed by atoms with van der Waals surface area (Å²) < 4.78 is 28.2. The summed E-state index contributed by atoms with van der Waals surface area (Å²) in [5.41, 5.74) is 0. The van der Waals surface area contributed by atoms with Gasteiger partial charge in [-0.3, -0.25) is 0 Å². The first kappa shape index (κ1) is 14.2. The first-order valence-corrected chi connectivity index (χ1v) is 7.95. The molecule has 1 N–H and O–H groups in total. The number of sulfonamides is 1. The first-order chi connectivity index (χ1) is 9.06. The van der Waals surface area contributed by atoms with E-state index >= 15 is 0 Å². The fraction of sp³-hybridized carbons (Fsp3) is 0.583. The zero-order valence-electron chi connectivity index (χ0n) is 11.1. The van der Waals surface area contributed by atoms with Gasteiger partial charge in [0.1, 0.15) is 5.82 Å². The van der Waals surface area contributed by atoms with Crippen LogP contribution in [0, 0.1) is 0 Å². The molecular formula is C12H20N4O2S. The zero-order chi connectivity index (χ0) is 13.9. The van der Waals surface area contributed by atoms with E-state index in [1.807, 2.05) is 17.8 Å². The minimum Gasteiger partial charge on any atom is -0.337 e. The summed E-state index contributed by atoms with van der Waals surface area (Å²) in [5.74, 6) is 0.881. The minimum absolute atomic E-state index is 0.109. The Balaban J connectivity index is 2.26. The molecule has 0 spiro atoms. The monoisotopic (exact) mass is 284 g/mol. The Morgan fingerprint density at radius 3 is 3.05 bits per heavy atom. The molecule has 0 radical (unpaired) electrons. The van der Waals surface area contributed by atoms with Crippen LogP contribution in [0.4, 0.5) is 0 Å². The van der Waals surface area contributed by atoms with Crippen LogP contribution in [-0.2, 0) is 17.1 Å². The Bertz CT molecular complexity index is 538. The Morgan fingerprint density at radius 1 is 1.63 bits per heavy atom. The van der Waals surface area contributed by atoms with Crippen LogP contribution < -0.4 is 5.32 Å². The van der Waals surface area contributed by atoms with E-state index in [1.54, 1.807) is 16.6 Å². The fourth-order valence-electron chi connectivity index (χ4n) is 2.29. The highest BCUT2D eigenvalue weighted by Gasteiger charge is 2.34. The summed E-state index contributed by atoms with van der Waals surface area (Å²) in [7, 11) is -1.39. The van der Waals surface area contributed by atoms with E-state index in [4.69, 9.17) is 0 Å². The molecule has 106 valence electrons. The van der Waals surface area contributed by atoms with Crippen molar-refractivity contribution in [3.05, 3.63) is 30.9 Å². The molecule has 0 aromatic carbocycles. The minimum atomic E-state index is -3.27. The third-order valence-corrected chi connectivity index (χ3v) is 5.19. The highest BCUT2D eigenvalue weighted by Crippen LogP contribution is 2.24. The quantitative estimate of drug-likeness (QED) is 0.788. The molecule has 1 aliphatic rings. The maximum atomic E-state index is 12.4. The van der Waals surface area contributed by atoms with Crippen molar-refractivity contribution in [3.8, 4) is 0 Å². The molecule has 1 unspecified atom stereocenters. The summed E-state index contributed by atoms with van der Waals surface area (Å²) in [6.45, 7) is 5.33. The lowest BCUT2D eigenvalue weighted by molar-refractivity contribution is 0.258. The Morgan fingerprint density at radius 2 is 2.42 bits per heavy atom. The lowest BCUT2D eigenvalue weighted by Crippen LogP contribution is -2.50. The van der Waals surface area contributed by atoms with Gasteiger partial charge in [0.25, 0.3) is 0 Å². The molecule has 1 aromatic heterocycles. The maximum absolute atomic E-state index is 12.4. The molecule has 0 aliphatic carbocycles. The van der Waals surface area contributed by atoms with Gasteiger partial charge in [-0.05, 0) is 6.42 Å². The van der Waals surface area contributed by atoms with Gasteiger partial charge in [0.2, 0.25) is 10.0 Å². The largest absolute Gasteiger partial charge is 0.337 e. The van der Waals surface area contributed by atoms with Crippen molar-refractivity contribution in [2.75, 3.05) is 25.4 Å². The van der Waals surface area contributed by atoms with Crippen LogP contribution >= 0.6 is 0 Å². The van der Waals surface area contributed by atoms with Gasteiger partial charge < -0.3 is 9.88 Å². The summed E-state index contributed by atoms with van der Waals surface area (Å²) in [6.07, 6.45) is 5.63. The number of aromatic nitrogens is 2. The van der Waals surface area contributed by atoms with E-state index in [2.05, 4.69) is 16.9 Å². The summed E-state index contributed by atoms with van der Waals surface area (Å²) >= 11 is 0. The SMILES string of the molecule is C=CCCS(=O)(=O)N1CCNCC1c1nccn1C. The van der Waals surface area contributed by atoms with Crippen molar-refractivity contribution >= 4 is 10.0 Å². The number of hydrogen-bond acceptors (Lipinski definition) is 4. The number of nitrogens with zero attached hydrogens (tertiary/aromatic N) is 3. The lowest BCUT2D eigenvalue weighted by atomic mass is 10.2. The van der Waals surface area contributed by atoms with Crippen molar-refractivity contribution in [3.63, 3.8) is 0 Å². The van der Waals surface area contributed by atoms with Gasteiger partial charge in [0.05, 0.1) is 11.8 Å². The number of allylic oxidation sites excluding steroid dienone is 1. The van der Waals surface area contributed by atoms with Gasteiger partial charge in [0, 0.05) is 39.1 Å². The van der Waals surface area contributed by atoms with Crippen LogP contribution in [-0.4, -0.2) is 47.7 Å². The number of aryl methyl sites for hydroxylation is 1. The molecule has 1 fully saturated rings. The van der Waals surface area contributed by atoms with E-state index in [1.165, 1.54) is 0 Å². The van der Waals surface area contributed by atoms with E-state index in [-0.39, 0.29) is 11.8 Å². The van der Waals surface area contributed by atoms with Crippen LogP contribution in [0.2, 0.25) is 0 Å². The van der Waals surface area contributed by atoms with Crippen LogP contribution in [0.1, 0.15) is 18.3 Å². The Labute approximate surface area is 114 Å². The number of imidazole rings is 1. The number of hydrogen-bond donors (Lipinski definition) is 1. The van der Waals surface area contributed by atoms with Crippen molar-refractivity contribution in [2.24, 2.45) is 7.05 Å². The third kappa shape index (κ3) is 3.05. The summed E-state index contributed by atoms with van der Waals surface area (Å²) in [4.78, 5) is 4.28. The smallest absolute Gasteiger partial charge is 0.215 e. The van der Waals surface area contributed by atoms with Gasteiger partial charge in [-0.25, -0.2) is 13.4 Å². The molecule has 2 rings (SSSR count). The summed E-state index contributed by atoms with van der Waals surface area (Å²) in [6, 6.07) is -0.233. The van der Waals surface area contributed by atoms with E-state index < -0.39 is 10.0 Å². The number of rotatable bonds is 5. The van der Waals surface area contributed by atoms with Crippen molar-refractivity contribution in [1.82, 2.24) is 19.2 Å². The van der Waals surface area contributed by atoms with Crippen LogP contribution in [0.15, 0.2) is 25.0 Å². The van der Waals surface area contributed by atoms with Crippen LogP contribution in [0.25, 0.3) is 0 Å². The molecule has 7 heteroatoms. The summed E-state index contributed by atoms with van der Waals surface area (Å²) in [5, 5.41) is 3.23. The molecule has 0 amide bonds. The average Bonchev–Trinajstić information content (AvgIpc) is 2.83. The average molecular weight is 284 g/mol. The van der Waals surface area contributed by atoms with Crippen molar-refractivity contribution in [2.45, 2.75) is 12.5 Å². The van der Waals surface area contributed by atoms with Gasteiger partial charge in [-0.1, -0.05) is 6.08 Å². The molecule has 1 aliphatic heterocycles. The van der Waals surface area contributed by atoms with E-state index in [0.717, 1.165) is 5.82 Å².